The molecule has 0 aliphatic carbocycles. The van der Waals surface area contributed by atoms with Crippen LogP contribution in [0.15, 0.2) is 40.9 Å². The predicted molar refractivity (Wildman–Crippen MR) is 88.0 cm³/mol. The lowest BCUT2D eigenvalue weighted by molar-refractivity contribution is 0.0940. The van der Waals surface area contributed by atoms with E-state index in [1.807, 2.05) is 0 Å². The molecule has 2 aromatic carbocycles. The highest BCUT2D eigenvalue weighted by molar-refractivity contribution is 9.10. The first-order valence-electron chi connectivity index (χ1n) is 6.51. The van der Waals surface area contributed by atoms with Crippen molar-refractivity contribution in [1.29, 1.82) is 0 Å². The number of hydrogen-bond donors (Lipinski definition) is 1. The summed E-state index contributed by atoms with van der Waals surface area (Å²) in [4.78, 5) is 12.3. The number of nitrogens with one attached hydrogen (secondary N) is 1. The zero-order valence-electron chi connectivity index (χ0n) is 12.0. The molecule has 6 heteroatoms. The molecule has 0 bridgehead atoms. The van der Waals surface area contributed by atoms with Crippen LogP contribution in [0.2, 0.25) is 5.02 Å². The van der Waals surface area contributed by atoms with E-state index in [4.69, 9.17) is 16.3 Å². The Morgan fingerprint density at radius 2 is 2.05 bits per heavy atom. The molecule has 0 aliphatic heterocycles. The van der Waals surface area contributed by atoms with E-state index in [2.05, 4.69) is 21.2 Å². The van der Waals surface area contributed by atoms with Crippen LogP contribution in [0.5, 0.6) is 5.75 Å². The summed E-state index contributed by atoms with van der Waals surface area (Å²) in [6.07, 6.45) is 0. The van der Waals surface area contributed by atoms with Crippen LogP contribution in [0.1, 0.15) is 28.9 Å². The molecule has 1 atom stereocenters. The van der Waals surface area contributed by atoms with Gasteiger partial charge in [0, 0.05) is 4.47 Å². The van der Waals surface area contributed by atoms with Gasteiger partial charge in [-0.05, 0) is 42.8 Å². The monoisotopic (exact) mass is 385 g/mol. The van der Waals surface area contributed by atoms with Gasteiger partial charge in [-0.25, -0.2) is 4.39 Å². The van der Waals surface area contributed by atoms with Gasteiger partial charge in [0.1, 0.15) is 0 Å². The van der Waals surface area contributed by atoms with Crippen molar-refractivity contribution in [3.05, 3.63) is 62.8 Å². The zero-order chi connectivity index (χ0) is 16.3. The summed E-state index contributed by atoms with van der Waals surface area (Å²) >= 11 is 9.33. The highest BCUT2D eigenvalue weighted by Gasteiger charge is 2.16. The fourth-order valence-electron chi connectivity index (χ4n) is 1.98. The van der Waals surface area contributed by atoms with Crippen LogP contribution in [-0.2, 0) is 0 Å². The zero-order valence-corrected chi connectivity index (χ0v) is 14.3. The van der Waals surface area contributed by atoms with Gasteiger partial charge in [-0.1, -0.05) is 33.6 Å². The molecule has 0 aromatic heterocycles. The Hall–Kier alpha value is -1.59. The van der Waals surface area contributed by atoms with Gasteiger partial charge in [0.05, 0.1) is 23.7 Å². The summed E-state index contributed by atoms with van der Waals surface area (Å²) < 4.78 is 19.4. The van der Waals surface area contributed by atoms with Gasteiger partial charge in [-0.15, -0.1) is 0 Å². The van der Waals surface area contributed by atoms with Gasteiger partial charge in [0.2, 0.25) is 0 Å². The van der Waals surface area contributed by atoms with Gasteiger partial charge < -0.3 is 10.1 Å². The standard InChI is InChI=1S/C16H14BrClFNO2/c1-9(10-3-6-15(22-2)14(19)7-10)20-16(21)12-8-11(17)4-5-13(12)18/h3-9H,1-2H3,(H,20,21). The number of ether oxygens (including phenoxy) is 1. The molecule has 1 amide bonds. The quantitative estimate of drug-likeness (QED) is 0.824. The van der Waals surface area contributed by atoms with E-state index in [9.17, 15) is 9.18 Å². The minimum absolute atomic E-state index is 0.164. The van der Waals surface area contributed by atoms with Crippen LogP contribution in [0.25, 0.3) is 0 Å². The van der Waals surface area contributed by atoms with Crippen molar-refractivity contribution in [3.63, 3.8) is 0 Å². The van der Waals surface area contributed by atoms with Gasteiger partial charge in [0.25, 0.3) is 5.91 Å². The Kier molecular flexibility index (Phi) is 5.42. The lowest BCUT2D eigenvalue weighted by atomic mass is 10.1. The maximum atomic E-state index is 13.7. The van der Waals surface area contributed by atoms with Crippen LogP contribution in [0.4, 0.5) is 4.39 Å². The lowest BCUT2D eigenvalue weighted by Gasteiger charge is -2.16. The van der Waals surface area contributed by atoms with Crippen molar-refractivity contribution in [3.8, 4) is 5.75 Å². The number of methoxy groups -OCH3 is 1. The molecule has 0 spiro atoms. The largest absolute Gasteiger partial charge is 0.494 e. The topological polar surface area (TPSA) is 38.3 Å². The Morgan fingerprint density at radius 3 is 2.68 bits per heavy atom. The second-order valence-corrected chi connectivity index (χ2v) is 6.04. The van der Waals surface area contributed by atoms with Gasteiger partial charge in [-0.3, -0.25) is 4.79 Å². The predicted octanol–water partition coefficient (Wildman–Crippen LogP) is 4.74. The first kappa shape index (κ1) is 16.8. The van der Waals surface area contributed by atoms with E-state index in [0.29, 0.717) is 16.1 Å². The summed E-state index contributed by atoms with van der Waals surface area (Å²) in [5.74, 6) is -0.631. The van der Waals surface area contributed by atoms with E-state index in [1.54, 1.807) is 31.2 Å². The molecule has 3 nitrogen and oxygen atoms in total. The summed E-state index contributed by atoms with van der Waals surface area (Å²) in [7, 11) is 1.40. The second-order valence-electron chi connectivity index (χ2n) is 4.71. The lowest BCUT2D eigenvalue weighted by Crippen LogP contribution is -2.27. The smallest absolute Gasteiger partial charge is 0.253 e. The normalized spacial score (nSPS) is 11.9. The Bertz CT molecular complexity index is 709. The molecule has 0 heterocycles. The molecule has 0 saturated heterocycles. The van der Waals surface area contributed by atoms with Crippen LogP contribution >= 0.6 is 27.5 Å². The minimum atomic E-state index is -0.471. The van der Waals surface area contributed by atoms with E-state index >= 15 is 0 Å². The molecule has 0 aliphatic rings. The number of hydrogen-bond acceptors (Lipinski definition) is 2. The van der Waals surface area contributed by atoms with Crippen molar-refractivity contribution < 1.29 is 13.9 Å². The van der Waals surface area contributed by atoms with Crippen LogP contribution in [0.3, 0.4) is 0 Å². The Morgan fingerprint density at radius 1 is 1.32 bits per heavy atom. The molecule has 1 unspecified atom stereocenters. The average molecular weight is 387 g/mol. The average Bonchev–Trinajstić information content (AvgIpc) is 2.49. The van der Waals surface area contributed by atoms with Crippen LogP contribution in [-0.4, -0.2) is 13.0 Å². The molecular formula is C16H14BrClFNO2. The van der Waals surface area contributed by atoms with Gasteiger partial charge in [0.15, 0.2) is 11.6 Å². The molecular weight excluding hydrogens is 373 g/mol. The van der Waals surface area contributed by atoms with Crippen molar-refractivity contribution >= 4 is 33.4 Å². The highest BCUT2D eigenvalue weighted by Crippen LogP contribution is 2.24. The number of rotatable bonds is 4. The SMILES string of the molecule is COc1ccc(C(C)NC(=O)c2cc(Br)ccc2Cl)cc1F. The molecule has 0 fully saturated rings. The molecule has 22 heavy (non-hydrogen) atoms. The molecule has 2 rings (SSSR count). The number of halogens is 3. The van der Waals surface area contributed by atoms with E-state index in [0.717, 1.165) is 4.47 Å². The highest BCUT2D eigenvalue weighted by atomic mass is 79.9. The fraction of sp³-hybridized carbons (Fsp3) is 0.188. The van der Waals surface area contributed by atoms with E-state index in [-0.39, 0.29) is 17.7 Å². The number of carbonyl (C=O) groups excluding carboxylic acids is 1. The number of carbonyl (C=O) groups is 1. The van der Waals surface area contributed by atoms with Crippen molar-refractivity contribution in [2.45, 2.75) is 13.0 Å². The van der Waals surface area contributed by atoms with E-state index < -0.39 is 5.82 Å². The summed E-state index contributed by atoms with van der Waals surface area (Å²) in [5, 5.41) is 3.15. The third kappa shape index (κ3) is 3.78. The maximum absolute atomic E-state index is 13.7. The number of amides is 1. The molecule has 2 aromatic rings. The summed E-state index contributed by atoms with van der Waals surface area (Å²) in [6, 6.07) is 9.22. The Balaban J connectivity index is 2.17. The van der Waals surface area contributed by atoms with E-state index in [1.165, 1.54) is 19.2 Å². The molecule has 1 N–H and O–H groups in total. The first-order valence-corrected chi connectivity index (χ1v) is 7.69. The van der Waals surface area contributed by atoms with Crippen molar-refractivity contribution in [2.24, 2.45) is 0 Å². The van der Waals surface area contributed by atoms with Crippen molar-refractivity contribution in [1.82, 2.24) is 5.32 Å². The van der Waals surface area contributed by atoms with Crippen LogP contribution in [0, 0.1) is 5.82 Å². The fourth-order valence-corrected chi connectivity index (χ4v) is 2.55. The van der Waals surface area contributed by atoms with Gasteiger partial charge in [-0.2, -0.15) is 0 Å². The third-order valence-electron chi connectivity index (χ3n) is 3.20. The molecule has 0 radical (unpaired) electrons. The molecule has 116 valence electrons. The summed E-state index contributed by atoms with van der Waals surface area (Å²) in [5.41, 5.74) is 0.995. The third-order valence-corrected chi connectivity index (χ3v) is 4.02. The maximum Gasteiger partial charge on any atom is 0.253 e. The minimum Gasteiger partial charge on any atom is -0.494 e. The van der Waals surface area contributed by atoms with Crippen molar-refractivity contribution in [2.75, 3.05) is 7.11 Å². The van der Waals surface area contributed by atoms with Crippen LogP contribution < -0.4 is 10.1 Å². The molecule has 0 saturated carbocycles. The van der Waals surface area contributed by atoms with Gasteiger partial charge >= 0.3 is 0 Å². The Labute approximate surface area is 141 Å². The summed E-state index contributed by atoms with van der Waals surface area (Å²) in [6.45, 7) is 1.77. The number of benzene rings is 2. The second kappa shape index (κ2) is 7.11. The first-order chi connectivity index (χ1) is 10.4.